The summed E-state index contributed by atoms with van der Waals surface area (Å²) < 4.78 is 13.2. The van der Waals surface area contributed by atoms with Crippen LogP contribution in [-0.2, 0) is 9.59 Å². The molecule has 0 spiro atoms. The second-order valence-electron chi connectivity index (χ2n) is 5.42. The van der Waals surface area contributed by atoms with E-state index >= 15 is 0 Å². The molecule has 1 amide bonds. The average Bonchev–Trinajstić information content (AvgIpc) is 2.81. The SMILES string of the molecule is CC(=O)C1=C(O)C(=O)N(c2ccc(F)cc2)[C@@H]1c1ccc(Cl)cc1. The molecule has 1 N–H and O–H groups in total. The highest BCUT2D eigenvalue weighted by molar-refractivity contribution is 6.30. The lowest BCUT2D eigenvalue weighted by Gasteiger charge is -2.26. The Morgan fingerprint density at radius 1 is 1.12 bits per heavy atom. The first-order valence-corrected chi connectivity index (χ1v) is 7.56. The van der Waals surface area contributed by atoms with Crippen LogP contribution < -0.4 is 4.90 Å². The number of ketones is 1. The Morgan fingerprint density at radius 2 is 1.71 bits per heavy atom. The van der Waals surface area contributed by atoms with Crippen molar-refractivity contribution < 1.29 is 19.1 Å². The van der Waals surface area contributed by atoms with Crippen molar-refractivity contribution in [2.75, 3.05) is 4.90 Å². The van der Waals surface area contributed by atoms with Crippen LogP contribution in [0.3, 0.4) is 0 Å². The molecule has 122 valence electrons. The third-order valence-electron chi connectivity index (χ3n) is 3.88. The van der Waals surface area contributed by atoms with Crippen molar-refractivity contribution >= 4 is 29.0 Å². The van der Waals surface area contributed by atoms with E-state index in [2.05, 4.69) is 0 Å². The van der Waals surface area contributed by atoms with Crippen LogP contribution in [0.4, 0.5) is 10.1 Å². The maximum absolute atomic E-state index is 13.2. The van der Waals surface area contributed by atoms with Gasteiger partial charge in [-0.2, -0.15) is 0 Å². The van der Waals surface area contributed by atoms with Crippen molar-refractivity contribution in [3.63, 3.8) is 0 Å². The summed E-state index contributed by atoms with van der Waals surface area (Å²) in [6.45, 7) is 1.29. The van der Waals surface area contributed by atoms with Gasteiger partial charge in [-0.15, -0.1) is 0 Å². The van der Waals surface area contributed by atoms with Crippen LogP contribution in [0.25, 0.3) is 0 Å². The van der Waals surface area contributed by atoms with Gasteiger partial charge in [0.1, 0.15) is 5.82 Å². The Hall–Kier alpha value is -2.66. The third kappa shape index (κ3) is 2.67. The van der Waals surface area contributed by atoms with Gasteiger partial charge >= 0.3 is 0 Å². The molecule has 6 heteroatoms. The zero-order valence-electron chi connectivity index (χ0n) is 12.7. The van der Waals surface area contributed by atoms with Crippen molar-refractivity contribution in [2.24, 2.45) is 0 Å². The van der Waals surface area contributed by atoms with E-state index in [0.717, 1.165) is 0 Å². The Labute approximate surface area is 142 Å². The molecule has 4 nitrogen and oxygen atoms in total. The lowest BCUT2D eigenvalue weighted by Crippen LogP contribution is -2.30. The molecule has 0 aromatic heterocycles. The summed E-state index contributed by atoms with van der Waals surface area (Å²) in [5, 5.41) is 10.7. The minimum Gasteiger partial charge on any atom is -0.503 e. The number of hydrogen-bond donors (Lipinski definition) is 1. The van der Waals surface area contributed by atoms with Gasteiger partial charge in [-0.25, -0.2) is 4.39 Å². The number of hydrogen-bond acceptors (Lipinski definition) is 3. The summed E-state index contributed by atoms with van der Waals surface area (Å²) in [5.74, 6) is -2.15. The van der Waals surface area contributed by atoms with E-state index in [0.29, 0.717) is 16.3 Å². The van der Waals surface area contributed by atoms with Gasteiger partial charge in [-0.1, -0.05) is 23.7 Å². The topological polar surface area (TPSA) is 57.6 Å². The maximum Gasteiger partial charge on any atom is 0.294 e. The predicted molar refractivity (Wildman–Crippen MR) is 88.4 cm³/mol. The van der Waals surface area contributed by atoms with Crippen LogP contribution >= 0.6 is 11.6 Å². The fraction of sp³-hybridized carbons (Fsp3) is 0.111. The van der Waals surface area contributed by atoms with Crippen molar-refractivity contribution in [1.29, 1.82) is 0 Å². The van der Waals surface area contributed by atoms with Gasteiger partial charge in [-0.05, 0) is 48.9 Å². The largest absolute Gasteiger partial charge is 0.503 e. The molecule has 0 fully saturated rings. The monoisotopic (exact) mass is 345 g/mol. The number of carbonyl (C=O) groups is 2. The summed E-state index contributed by atoms with van der Waals surface area (Å²) in [6.07, 6.45) is 0. The second-order valence-corrected chi connectivity index (χ2v) is 5.86. The van der Waals surface area contributed by atoms with Gasteiger partial charge in [0.2, 0.25) is 0 Å². The van der Waals surface area contributed by atoms with Crippen molar-refractivity contribution in [1.82, 2.24) is 0 Å². The molecule has 1 heterocycles. The van der Waals surface area contributed by atoms with Gasteiger partial charge in [0, 0.05) is 10.7 Å². The molecular formula is C18H13ClFNO3. The zero-order valence-corrected chi connectivity index (χ0v) is 13.4. The van der Waals surface area contributed by atoms with Crippen molar-refractivity contribution in [2.45, 2.75) is 13.0 Å². The average molecular weight is 346 g/mol. The van der Waals surface area contributed by atoms with Gasteiger partial charge in [0.15, 0.2) is 11.5 Å². The molecule has 0 saturated heterocycles. The maximum atomic E-state index is 13.2. The number of amides is 1. The fourth-order valence-corrected chi connectivity index (χ4v) is 2.92. The number of rotatable bonds is 3. The molecule has 1 aliphatic heterocycles. The van der Waals surface area contributed by atoms with E-state index < -0.39 is 29.3 Å². The predicted octanol–water partition coefficient (Wildman–Crippen LogP) is 3.97. The number of carbonyl (C=O) groups excluding carboxylic acids is 2. The van der Waals surface area contributed by atoms with Crippen LogP contribution in [0.2, 0.25) is 5.02 Å². The van der Waals surface area contributed by atoms with Crippen LogP contribution in [0, 0.1) is 5.82 Å². The minimum absolute atomic E-state index is 0.00616. The lowest BCUT2D eigenvalue weighted by molar-refractivity contribution is -0.117. The minimum atomic E-state index is -0.794. The van der Waals surface area contributed by atoms with Crippen LogP contribution in [-0.4, -0.2) is 16.8 Å². The number of Topliss-reactive ketones (excluding diaryl/α,β-unsaturated/α-hetero) is 1. The standard InChI is InChI=1S/C18H13ClFNO3/c1-10(22)15-16(11-2-4-12(19)5-3-11)21(18(24)17(15)23)14-8-6-13(20)7-9-14/h2-9,16,23H,1H3/t16-/m1/s1. The Kier molecular flexibility index (Phi) is 4.11. The first kappa shape index (κ1) is 16.2. The van der Waals surface area contributed by atoms with E-state index in [-0.39, 0.29) is 5.57 Å². The van der Waals surface area contributed by atoms with Gasteiger partial charge in [0.25, 0.3) is 5.91 Å². The quantitative estimate of drug-likeness (QED) is 0.915. The molecule has 0 bridgehead atoms. The van der Waals surface area contributed by atoms with Crippen LogP contribution in [0.15, 0.2) is 59.9 Å². The summed E-state index contributed by atoms with van der Waals surface area (Å²) in [5.41, 5.74) is 1.00. The third-order valence-corrected chi connectivity index (χ3v) is 4.13. The van der Waals surface area contributed by atoms with Gasteiger partial charge < -0.3 is 5.11 Å². The number of aliphatic hydroxyl groups excluding tert-OH is 1. The lowest BCUT2D eigenvalue weighted by atomic mass is 9.96. The first-order valence-electron chi connectivity index (χ1n) is 7.19. The fourth-order valence-electron chi connectivity index (χ4n) is 2.79. The smallest absolute Gasteiger partial charge is 0.294 e. The Balaban J connectivity index is 2.16. The summed E-state index contributed by atoms with van der Waals surface area (Å²) in [7, 11) is 0. The van der Waals surface area contributed by atoms with E-state index in [1.54, 1.807) is 24.3 Å². The number of nitrogens with zero attached hydrogens (tertiary/aromatic N) is 1. The second kappa shape index (κ2) is 6.09. The normalized spacial score (nSPS) is 17.5. The molecular weight excluding hydrogens is 333 g/mol. The Morgan fingerprint density at radius 3 is 2.25 bits per heavy atom. The molecule has 1 atom stereocenters. The number of halogens is 2. The molecule has 0 saturated carbocycles. The van der Waals surface area contributed by atoms with E-state index in [1.165, 1.54) is 36.1 Å². The van der Waals surface area contributed by atoms with E-state index in [1.807, 2.05) is 0 Å². The van der Waals surface area contributed by atoms with E-state index in [9.17, 15) is 19.1 Å². The molecule has 0 aliphatic carbocycles. The molecule has 24 heavy (non-hydrogen) atoms. The summed E-state index contributed by atoms with van der Waals surface area (Å²) in [4.78, 5) is 25.8. The highest BCUT2D eigenvalue weighted by Crippen LogP contribution is 2.41. The van der Waals surface area contributed by atoms with E-state index in [4.69, 9.17) is 11.6 Å². The molecule has 1 aliphatic rings. The molecule has 0 radical (unpaired) electrons. The molecule has 2 aromatic rings. The number of benzene rings is 2. The Bertz CT molecular complexity index is 844. The summed E-state index contributed by atoms with van der Waals surface area (Å²) in [6, 6.07) is 11.1. The van der Waals surface area contributed by atoms with Gasteiger partial charge in [-0.3, -0.25) is 14.5 Å². The summed E-state index contributed by atoms with van der Waals surface area (Å²) >= 11 is 5.89. The van der Waals surface area contributed by atoms with Crippen molar-refractivity contribution in [3.05, 3.63) is 76.3 Å². The number of anilines is 1. The number of aliphatic hydroxyl groups is 1. The van der Waals surface area contributed by atoms with Crippen molar-refractivity contribution in [3.8, 4) is 0 Å². The van der Waals surface area contributed by atoms with Crippen LogP contribution in [0.5, 0.6) is 0 Å². The highest BCUT2D eigenvalue weighted by Gasteiger charge is 2.43. The zero-order chi connectivity index (χ0) is 17.4. The van der Waals surface area contributed by atoms with Gasteiger partial charge in [0.05, 0.1) is 11.6 Å². The first-order chi connectivity index (χ1) is 11.4. The molecule has 0 unspecified atom stereocenters. The molecule has 2 aromatic carbocycles. The highest BCUT2D eigenvalue weighted by atomic mass is 35.5. The molecule has 3 rings (SSSR count). The van der Waals surface area contributed by atoms with Crippen LogP contribution in [0.1, 0.15) is 18.5 Å².